The van der Waals surface area contributed by atoms with Crippen LogP contribution in [0, 0.1) is 0 Å². The summed E-state index contributed by atoms with van der Waals surface area (Å²) in [6, 6.07) is 9.51. The van der Waals surface area contributed by atoms with Crippen LogP contribution in [0.25, 0.3) is 11.1 Å². The molecule has 0 spiro atoms. The lowest BCUT2D eigenvalue weighted by atomic mass is 10.00. The quantitative estimate of drug-likeness (QED) is 0.777. The summed E-state index contributed by atoms with van der Waals surface area (Å²) in [7, 11) is 0. The molecular weight excluding hydrogens is 230 g/mol. The number of hydrogen-bond donors (Lipinski definition) is 1. The van der Waals surface area contributed by atoms with E-state index < -0.39 is 5.92 Å². The van der Waals surface area contributed by atoms with Gasteiger partial charge < -0.3 is 9.72 Å². The highest BCUT2D eigenvalue weighted by molar-refractivity contribution is 5.89. The minimum atomic E-state index is -0.507. The van der Waals surface area contributed by atoms with Gasteiger partial charge >= 0.3 is 5.97 Å². The molecule has 4 nitrogen and oxygen atoms in total. The molecule has 0 aliphatic carbocycles. The molecule has 1 aliphatic heterocycles. The van der Waals surface area contributed by atoms with E-state index in [4.69, 9.17) is 4.74 Å². The Bertz CT molecular complexity index is 673. The van der Waals surface area contributed by atoms with Gasteiger partial charge in [-0.1, -0.05) is 30.3 Å². The van der Waals surface area contributed by atoms with Crippen LogP contribution in [0.1, 0.15) is 18.4 Å². The first-order chi connectivity index (χ1) is 8.68. The molecule has 1 N–H and O–H groups in total. The van der Waals surface area contributed by atoms with Gasteiger partial charge in [0.2, 0.25) is 0 Å². The maximum absolute atomic E-state index is 11.8. The van der Waals surface area contributed by atoms with E-state index in [9.17, 15) is 9.59 Å². The van der Waals surface area contributed by atoms with Crippen LogP contribution in [-0.4, -0.2) is 11.0 Å². The highest BCUT2D eigenvalue weighted by atomic mass is 16.5. The van der Waals surface area contributed by atoms with Gasteiger partial charge in [0.25, 0.3) is 5.56 Å². The second kappa shape index (κ2) is 3.84. The van der Waals surface area contributed by atoms with Crippen LogP contribution >= 0.6 is 0 Å². The first kappa shape index (κ1) is 10.8. The Morgan fingerprint density at radius 3 is 2.61 bits per heavy atom. The first-order valence-corrected chi connectivity index (χ1v) is 5.71. The number of aromatic nitrogens is 1. The summed E-state index contributed by atoms with van der Waals surface area (Å²) >= 11 is 0. The molecule has 1 aromatic heterocycles. The van der Waals surface area contributed by atoms with Crippen molar-refractivity contribution in [3.63, 3.8) is 0 Å². The first-order valence-electron chi connectivity index (χ1n) is 5.71. The number of hydrogen-bond acceptors (Lipinski definition) is 3. The van der Waals surface area contributed by atoms with Gasteiger partial charge in [0, 0.05) is 11.8 Å². The fourth-order valence-electron chi connectivity index (χ4n) is 2.17. The number of carbonyl (C=O) groups is 1. The van der Waals surface area contributed by atoms with Gasteiger partial charge in [-0.05, 0) is 12.5 Å². The molecule has 2 heterocycles. The van der Waals surface area contributed by atoms with E-state index in [1.165, 1.54) is 0 Å². The van der Waals surface area contributed by atoms with Gasteiger partial charge in [0.15, 0.2) is 0 Å². The third kappa shape index (κ3) is 1.46. The average molecular weight is 241 g/mol. The zero-order chi connectivity index (χ0) is 12.7. The predicted octanol–water partition coefficient (Wildman–Crippen LogP) is 2.06. The van der Waals surface area contributed by atoms with Crippen LogP contribution < -0.4 is 10.3 Å². The highest BCUT2D eigenvalue weighted by Gasteiger charge is 2.34. The molecule has 2 aromatic rings. The van der Waals surface area contributed by atoms with Gasteiger partial charge in [-0.2, -0.15) is 0 Å². The molecule has 90 valence electrons. The number of aromatic amines is 1. The third-order valence-corrected chi connectivity index (χ3v) is 3.16. The molecule has 1 aromatic carbocycles. The second-order valence-corrected chi connectivity index (χ2v) is 4.28. The van der Waals surface area contributed by atoms with E-state index in [2.05, 4.69) is 4.98 Å². The summed E-state index contributed by atoms with van der Waals surface area (Å²) in [5.41, 5.74) is 1.80. The van der Waals surface area contributed by atoms with Crippen LogP contribution in [0.2, 0.25) is 0 Å². The molecule has 0 amide bonds. The van der Waals surface area contributed by atoms with Gasteiger partial charge in [0.1, 0.15) is 5.75 Å². The van der Waals surface area contributed by atoms with E-state index in [0.717, 1.165) is 11.1 Å². The zero-order valence-corrected chi connectivity index (χ0v) is 9.77. The van der Waals surface area contributed by atoms with Crippen molar-refractivity contribution in [3.05, 3.63) is 52.4 Å². The maximum Gasteiger partial charge on any atom is 0.318 e. The normalized spacial score (nSPS) is 17.4. The molecule has 0 bridgehead atoms. The maximum atomic E-state index is 11.8. The summed E-state index contributed by atoms with van der Waals surface area (Å²) in [4.78, 5) is 26.0. The molecule has 1 unspecified atom stereocenters. The van der Waals surface area contributed by atoms with E-state index in [1.807, 2.05) is 30.3 Å². The molecule has 0 saturated carbocycles. The molecule has 0 fully saturated rings. The number of benzene rings is 1. The van der Waals surface area contributed by atoms with E-state index in [0.29, 0.717) is 11.3 Å². The topological polar surface area (TPSA) is 59.2 Å². The molecule has 4 heteroatoms. The number of H-pyrrole nitrogens is 1. The third-order valence-electron chi connectivity index (χ3n) is 3.16. The standard InChI is InChI=1S/C14H11NO3/c1-8-11-12(18-14(8)17)10(7-15-13(11)16)9-5-3-2-4-6-9/h2-8H,1H3,(H,15,16). The second-order valence-electron chi connectivity index (χ2n) is 4.28. The fourth-order valence-corrected chi connectivity index (χ4v) is 2.17. The average Bonchev–Trinajstić information content (AvgIpc) is 2.68. The molecule has 18 heavy (non-hydrogen) atoms. The smallest absolute Gasteiger partial charge is 0.318 e. The lowest BCUT2D eigenvalue weighted by molar-refractivity contribution is -0.133. The Hall–Kier alpha value is -2.36. The number of rotatable bonds is 1. The molecule has 1 aliphatic rings. The summed E-state index contributed by atoms with van der Waals surface area (Å²) in [6.45, 7) is 1.68. The van der Waals surface area contributed by atoms with Gasteiger partial charge in [-0.3, -0.25) is 9.59 Å². The minimum absolute atomic E-state index is 0.261. The lowest BCUT2D eigenvalue weighted by Gasteiger charge is -2.06. The Labute approximate surface area is 103 Å². The van der Waals surface area contributed by atoms with Crippen LogP contribution in [-0.2, 0) is 4.79 Å². The van der Waals surface area contributed by atoms with Gasteiger partial charge in [-0.25, -0.2) is 0 Å². The molecule has 0 radical (unpaired) electrons. The molecule has 3 rings (SSSR count). The number of carbonyl (C=O) groups excluding carboxylic acids is 1. The van der Waals surface area contributed by atoms with Gasteiger partial charge in [-0.15, -0.1) is 0 Å². The van der Waals surface area contributed by atoms with Crippen molar-refractivity contribution in [2.24, 2.45) is 0 Å². The number of pyridine rings is 1. The number of ether oxygens (including phenoxy) is 1. The van der Waals surface area contributed by atoms with Crippen molar-refractivity contribution in [1.29, 1.82) is 0 Å². The van der Waals surface area contributed by atoms with E-state index in [1.54, 1.807) is 13.1 Å². The summed E-state index contributed by atoms with van der Waals surface area (Å²) < 4.78 is 5.23. The zero-order valence-electron chi connectivity index (χ0n) is 9.77. The molecule has 1 atom stereocenters. The molecular formula is C14H11NO3. The summed E-state index contributed by atoms with van der Waals surface area (Å²) in [6.07, 6.45) is 1.59. The minimum Gasteiger partial charge on any atom is -0.425 e. The van der Waals surface area contributed by atoms with E-state index in [-0.39, 0.29) is 11.5 Å². The highest BCUT2D eigenvalue weighted by Crippen LogP contribution is 2.39. The summed E-state index contributed by atoms with van der Waals surface area (Å²) in [5.74, 6) is -0.492. The SMILES string of the molecule is CC1C(=O)Oc2c(-c3ccccc3)c[nH]c(=O)c21. The Balaban J connectivity index is 2.27. The monoisotopic (exact) mass is 241 g/mol. The van der Waals surface area contributed by atoms with Crippen molar-refractivity contribution in [2.75, 3.05) is 0 Å². The number of esters is 1. The Morgan fingerprint density at radius 1 is 1.17 bits per heavy atom. The molecule has 0 saturated heterocycles. The fraction of sp³-hybridized carbons (Fsp3) is 0.143. The Kier molecular flexibility index (Phi) is 2.30. The van der Waals surface area contributed by atoms with Crippen molar-refractivity contribution in [1.82, 2.24) is 4.98 Å². The number of nitrogens with one attached hydrogen (secondary N) is 1. The van der Waals surface area contributed by atoms with Crippen molar-refractivity contribution >= 4 is 5.97 Å². The van der Waals surface area contributed by atoms with Crippen LogP contribution in [0.4, 0.5) is 0 Å². The van der Waals surface area contributed by atoms with Crippen molar-refractivity contribution in [3.8, 4) is 16.9 Å². The van der Waals surface area contributed by atoms with Crippen molar-refractivity contribution in [2.45, 2.75) is 12.8 Å². The van der Waals surface area contributed by atoms with Crippen LogP contribution in [0.5, 0.6) is 5.75 Å². The van der Waals surface area contributed by atoms with Crippen molar-refractivity contribution < 1.29 is 9.53 Å². The predicted molar refractivity (Wildman–Crippen MR) is 66.5 cm³/mol. The largest absolute Gasteiger partial charge is 0.425 e. The number of fused-ring (bicyclic) bond motifs is 1. The van der Waals surface area contributed by atoms with Gasteiger partial charge in [0.05, 0.1) is 11.5 Å². The van der Waals surface area contributed by atoms with Crippen LogP contribution in [0.15, 0.2) is 41.3 Å². The lowest BCUT2D eigenvalue weighted by Crippen LogP contribution is -2.14. The summed E-state index contributed by atoms with van der Waals surface area (Å²) in [5, 5.41) is 0. The van der Waals surface area contributed by atoms with Crippen LogP contribution in [0.3, 0.4) is 0 Å². The van der Waals surface area contributed by atoms with E-state index >= 15 is 0 Å². The Morgan fingerprint density at radius 2 is 1.89 bits per heavy atom.